The number of phenolic OH excluding ortho intramolecular Hbond substituents is 1. The van der Waals surface area contributed by atoms with E-state index >= 15 is 0 Å². The Labute approximate surface area is 180 Å². The van der Waals surface area contributed by atoms with Crippen LogP contribution in [0.15, 0.2) is 12.1 Å². The number of primary amides is 1. The maximum atomic E-state index is 11.8. The van der Waals surface area contributed by atoms with Gasteiger partial charge >= 0.3 is 5.97 Å². The maximum absolute atomic E-state index is 11.8. The first kappa shape index (κ1) is 20.5. The second-order valence-electron chi connectivity index (χ2n) is 9.37. The number of aliphatic carboxylic acids is 1. The molecule has 4 aliphatic rings. The minimum absolute atomic E-state index is 0.0931. The molecule has 1 saturated carbocycles. The lowest BCUT2D eigenvalue weighted by Crippen LogP contribution is -2.78. The molecular weight excluding hydrogens is 402 g/mol. The molecule has 2 heterocycles. The Bertz CT molecular complexity index is 953. The lowest BCUT2D eigenvalue weighted by molar-refractivity contribution is -0.204. The fraction of sp³-hybridized carbons (Fsp3) is 0.636. The molecule has 6 atom stereocenters. The zero-order valence-electron chi connectivity index (χ0n) is 17.8. The Kier molecular flexibility index (Phi) is 4.52. The summed E-state index contributed by atoms with van der Waals surface area (Å²) in [6.45, 7) is 0.848. The average molecular weight is 431 g/mol. The molecule has 2 aliphatic heterocycles. The van der Waals surface area contributed by atoms with Crippen molar-refractivity contribution in [1.82, 2.24) is 10.2 Å². The van der Waals surface area contributed by atoms with Crippen molar-refractivity contribution in [2.45, 2.75) is 67.3 Å². The number of benzene rings is 1. The number of carboxylic acid groups (broad SMARTS) is 1. The van der Waals surface area contributed by atoms with E-state index in [0.29, 0.717) is 18.6 Å². The van der Waals surface area contributed by atoms with Crippen molar-refractivity contribution < 1.29 is 29.3 Å². The minimum atomic E-state index is -1.12. The number of hydrogen-bond acceptors (Lipinski definition) is 7. The topological polar surface area (TPSA) is 134 Å². The van der Waals surface area contributed by atoms with Crippen LogP contribution in [0.4, 0.5) is 0 Å². The Morgan fingerprint density at radius 3 is 2.87 bits per heavy atom. The molecule has 2 aliphatic carbocycles. The summed E-state index contributed by atoms with van der Waals surface area (Å²) in [7, 11) is 3.87. The van der Waals surface area contributed by atoms with Gasteiger partial charge in [-0.1, -0.05) is 6.07 Å². The van der Waals surface area contributed by atoms with Gasteiger partial charge in [-0.25, -0.2) is 0 Å². The first-order valence-electron chi connectivity index (χ1n) is 10.8. The van der Waals surface area contributed by atoms with Crippen LogP contribution in [0.2, 0.25) is 0 Å². The summed E-state index contributed by atoms with van der Waals surface area (Å²) in [5.74, 6) is -1.21. The lowest BCUT2D eigenvalue weighted by atomic mass is 9.48. The van der Waals surface area contributed by atoms with Gasteiger partial charge in [-0.05, 0) is 50.9 Å². The molecule has 1 amide bonds. The number of phenols is 1. The largest absolute Gasteiger partial charge is 0.504 e. The number of ether oxygens (including phenoxy) is 2. The third kappa shape index (κ3) is 2.54. The van der Waals surface area contributed by atoms with Crippen LogP contribution in [0.5, 0.6) is 11.5 Å². The van der Waals surface area contributed by atoms with Gasteiger partial charge in [-0.3, -0.25) is 14.9 Å². The number of rotatable bonds is 6. The van der Waals surface area contributed by atoms with E-state index in [9.17, 15) is 19.8 Å². The summed E-state index contributed by atoms with van der Waals surface area (Å²) >= 11 is 0. The first-order valence-corrected chi connectivity index (χ1v) is 10.8. The normalized spacial score (nSPS) is 36.4. The third-order valence-electron chi connectivity index (χ3n) is 8.17. The fourth-order valence-corrected chi connectivity index (χ4v) is 6.99. The molecule has 2 bridgehead atoms. The number of nitrogens with zero attached hydrogens (tertiary/aromatic N) is 1. The Balaban J connectivity index is 1.63. The van der Waals surface area contributed by atoms with Crippen molar-refractivity contribution in [3.8, 4) is 11.5 Å². The maximum Gasteiger partial charge on any atom is 0.321 e. The molecule has 2 fully saturated rings. The van der Waals surface area contributed by atoms with E-state index in [2.05, 4.69) is 17.3 Å². The number of carboxylic acids is 1. The number of likely N-dealkylation sites (tertiary alicyclic amines) is 1. The molecule has 0 radical (unpaired) electrons. The summed E-state index contributed by atoms with van der Waals surface area (Å²) in [4.78, 5) is 25.6. The van der Waals surface area contributed by atoms with Crippen molar-refractivity contribution in [3.63, 3.8) is 0 Å². The highest BCUT2D eigenvalue weighted by atomic mass is 16.5. The molecule has 1 saturated heterocycles. The number of methoxy groups -OCH3 is 1. The van der Waals surface area contributed by atoms with Gasteiger partial charge in [-0.15, -0.1) is 0 Å². The van der Waals surface area contributed by atoms with E-state index in [4.69, 9.17) is 15.2 Å². The highest BCUT2D eigenvalue weighted by Crippen LogP contribution is 2.66. The predicted octanol–water partition coefficient (Wildman–Crippen LogP) is 0.117. The van der Waals surface area contributed by atoms with E-state index in [1.54, 1.807) is 13.2 Å². The number of carbonyl (C=O) groups excluding carboxylic acids is 1. The molecule has 31 heavy (non-hydrogen) atoms. The van der Waals surface area contributed by atoms with Crippen molar-refractivity contribution in [3.05, 3.63) is 23.3 Å². The average Bonchev–Trinajstić information content (AvgIpc) is 3.08. The van der Waals surface area contributed by atoms with Crippen molar-refractivity contribution in [2.24, 2.45) is 5.73 Å². The summed E-state index contributed by atoms with van der Waals surface area (Å²) in [6, 6.07) is 2.37. The third-order valence-corrected chi connectivity index (χ3v) is 8.17. The van der Waals surface area contributed by atoms with Crippen LogP contribution in [0.1, 0.15) is 36.8 Å². The number of likely N-dealkylation sites (N-methyl/N-ethyl adjacent to an activating group) is 1. The number of piperidine rings is 1. The molecule has 168 valence electrons. The van der Waals surface area contributed by atoms with E-state index in [0.717, 1.165) is 30.5 Å². The van der Waals surface area contributed by atoms with Crippen LogP contribution >= 0.6 is 0 Å². The molecular formula is C22H29N3O6. The standard InChI is InChI=1S/C22H29N3O6/c1-25-8-7-21-17-11-3-4-14(26)18(17)31-19(21)12(24-13(20(28)29)10-16(23)27)5-6-22(21,30-2)15(25)9-11/h3-4,12-13,15,19,24,26H,5-10H2,1-2H3,(H2,23,27)(H,28,29)/t12-,13+,15-,19+,21+,22-/m1/s1. The molecule has 5 N–H and O–H groups in total. The van der Waals surface area contributed by atoms with E-state index in [-0.39, 0.29) is 24.3 Å². The number of carbonyl (C=O) groups is 2. The number of nitrogens with one attached hydrogen (secondary N) is 1. The zero-order valence-corrected chi connectivity index (χ0v) is 17.8. The summed E-state index contributed by atoms with van der Waals surface area (Å²) in [5, 5.41) is 23.4. The highest BCUT2D eigenvalue weighted by Gasteiger charge is 2.73. The lowest BCUT2D eigenvalue weighted by Gasteiger charge is -2.65. The smallest absolute Gasteiger partial charge is 0.321 e. The quantitative estimate of drug-likeness (QED) is 0.499. The molecule has 1 aromatic rings. The number of aromatic hydroxyl groups is 1. The highest BCUT2D eigenvalue weighted by molar-refractivity contribution is 5.83. The van der Waals surface area contributed by atoms with Gasteiger partial charge in [0.2, 0.25) is 5.91 Å². The van der Waals surface area contributed by atoms with Crippen molar-refractivity contribution >= 4 is 11.9 Å². The van der Waals surface area contributed by atoms with Gasteiger partial charge < -0.3 is 30.3 Å². The van der Waals surface area contributed by atoms with E-state index in [1.165, 1.54) is 0 Å². The fourth-order valence-electron chi connectivity index (χ4n) is 6.99. The molecule has 5 rings (SSSR count). The van der Waals surface area contributed by atoms with Crippen molar-refractivity contribution in [1.29, 1.82) is 0 Å². The van der Waals surface area contributed by atoms with Crippen LogP contribution in [-0.2, 0) is 26.2 Å². The molecule has 1 aromatic carbocycles. The number of amides is 1. The first-order chi connectivity index (χ1) is 14.7. The van der Waals surface area contributed by atoms with Gasteiger partial charge in [0.25, 0.3) is 0 Å². The van der Waals surface area contributed by atoms with E-state index in [1.807, 2.05) is 6.07 Å². The zero-order chi connectivity index (χ0) is 22.1. The monoisotopic (exact) mass is 431 g/mol. The Morgan fingerprint density at radius 2 is 2.19 bits per heavy atom. The van der Waals surface area contributed by atoms with Crippen molar-refractivity contribution in [2.75, 3.05) is 20.7 Å². The Hall–Kier alpha value is -2.36. The second kappa shape index (κ2) is 6.82. The summed E-state index contributed by atoms with van der Waals surface area (Å²) < 4.78 is 12.8. The molecule has 0 unspecified atom stereocenters. The van der Waals surface area contributed by atoms with Gasteiger partial charge in [0.1, 0.15) is 12.1 Å². The van der Waals surface area contributed by atoms with Gasteiger partial charge in [-0.2, -0.15) is 0 Å². The van der Waals surface area contributed by atoms with Gasteiger partial charge in [0.15, 0.2) is 11.5 Å². The van der Waals surface area contributed by atoms with E-state index < -0.39 is 35.0 Å². The minimum Gasteiger partial charge on any atom is -0.504 e. The molecule has 9 heteroatoms. The second-order valence-corrected chi connectivity index (χ2v) is 9.37. The number of hydrogen-bond donors (Lipinski definition) is 4. The van der Waals surface area contributed by atoms with Crippen LogP contribution in [-0.4, -0.2) is 77.5 Å². The Morgan fingerprint density at radius 1 is 1.42 bits per heavy atom. The predicted molar refractivity (Wildman–Crippen MR) is 110 cm³/mol. The van der Waals surface area contributed by atoms with Crippen LogP contribution in [0, 0.1) is 0 Å². The summed E-state index contributed by atoms with van der Waals surface area (Å²) in [5.41, 5.74) is 6.43. The molecule has 1 spiro atoms. The van der Waals surface area contributed by atoms with Crippen LogP contribution in [0.25, 0.3) is 0 Å². The SMILES string of the molecule is CO[C@@]12CC[C@@H](N[C@@H](CC(N)=O)C(=O)O)[C@@H]3Oc4c(O)ccc5c4[C@@]31CCN(C)[C@@H]2C5. The molecule has 9 nitrogen and oxygen atoms in total. The number of nitrogens with two attached hydrogens (primary N) is 1. The van der Waals surface area contributed by atoms with Crippen LogP contribution < -0.4 is 15.8 Å². The molecule has 0 aromatic heterocycles. The van der Waals surface area contributed by atoms with Gasteiger partial charge in [0, 0.05) is 24.8 Å². The van der Waals surface area contributed by atoms with Gasteiger partial charge in [0.05, 0.1) is 17.4 Å². The van der Waals surface area contributed by atoms with Crippen LogP contribution in [0.3, 0.4) is 0 Å². The summed E-state index contributed by atoms with van der Waals surface area (Å²) in [6.07, 6.45) is 2.20.